The highest BCUT2D eigenvalue weighted by molar-refractivity contribution is 5.79. The highest BCUT2D eigenvalue weighted by Crippen LogP contribution is 2.11. The van der Waals surface area contributed by atoms with Gasteiger partial charge < -0.3 is 24.8 Å². The normalized spacial score (nSPS) is 18.2. The van der Waals surface area contributed by atoms with Crippen LogP contribution in [0.5, 0.6) is 0 Å². The number of hydrogen-bond donors (Lipinski definition) is 2. The van der Waals surface area contributed by atoms with Gasteiger partial charge in [-0.2, -0.15) is 0 Å². The van der Waals surface area contributed by atoms with E-state index in [1.165, 1.54) is 5.56 Å². The Kier molecular flexibility index (Phi) is 11.6. The summed E-state index contributed by atoms with van der Waals surface area (Å²) in [5.41, 5.74) is 1.20. The maximum Gasteiger partial charge on any atom is 0.191 e. The SMILES string of the molecule is CCNC(=NCC(C)COCc1ccccc1)NCCCOCC1CCCO1. The lowest BCUT2D eigenvalue weighted by Crippen LogP contribution is -2.38. The van der Waals surface area contributed by atoms with Crippen LogP contribution in [0.4, 0.5) is 0 Å². The molecule has 1 heterocycles. The summed E-state index contributed by atoms with van der Waals surface area (Å²) in [5, 5.41) is 6.67. The summed E-state index contributed by atoms with van der Waals surface area (Å²) in [5.74, 6) is 1.23. The Labute approximate surface area is 170 Å². The van der Waals surface area contributed by atoms with Gasteiger partial charge in [0, 0.05) is 32.8 Å². The zero-order valence-corrected chi connectivity index (χ0v) is 17.5. The van der Waals surface area contributed by atoms with Gasteiger partial charge in [0.2, 0.25) is 0 Å². The summed E-state index contributed by atoms with van der Waals surface area (Å²) in [6, 6.07) is 10.3. The van der Waals surface area contributed by atoms with Gasteiger partial charge in [-0.05, 0) is 37.7 Å². The highest BCUT2D eigenvalue weighted by Gasteiger charge is 2.14. The molecule has 2 N–H and O–H groups in total. The third-order valence-corrected chi connectivity index (χ3v) is 4.50. The summed E-state index contributed by atoms with van der Waals surface area (Å²) >= 11 is 0. The summed E-state index contributed by atoms with van der Waals surface area (Å²) < 4.78 is 17.1. The van der Waals surface area contributed by atoms with E-state index in [0.29, 0.717) is 31.8 Å². The minimum absolute atomic E-state index is 0.303. The number of rotatable bonds is 13. The van der Waals surface area contributed by atoms with Crippen molar-refractivity contribution in [3.63, 3.8) is 0 Å². The van der Waals surface area contributed by atoms with Crippen LogP contribution in [0.25, 0.3) is 0 Å². The molecule has 2 rings (SSSR count). The van der Waals surface area contributed by atoms with Crippen LogP contribution in [-0.4, -0.2) is 58.1 Å². The standard InChI is InChI=1S/C22H37N3O3/c1-3-23-22(24-12-8-13-26-18-21-11-7-14-28-21)25-15-19(2)16-27-17-20-9-5-4-6-10-20/h4-6,9-10,19,21H,3,7-8,11-18H2,1-2H3,(H2,23,24,25). The predicted molar refractivity (Wildman–Crippen MR) is 114 cm³/mol. The van der Waals surface area contributed by atoms with Crippen LogP contribution in [0.3, 0.4) is 0 Å². The van der Waals surface area contributed by atoms with E-state index in [1.54, 1.807) is 0 Å². The largest absolute Gasteiger partial charge is 0.379 e. The number of guanidine groups is 1. The van der Waals surface area contributed by atoms with Gasteiger partial charge in [-0.15, -0.1) is 0 Å². The molecule has 0 aromatic heterocycles. The predicted octanol–water partition coefficient (Wildman–Crippen LogP) is 2.98. The molecule has 0 bridgehead atoms. The summed E-state index contributed by atoms with van der Waals surface area (Å²) in [6.45, 7) is 10.4. The van der Waals surface area contributed by atoms with Crippen molar-refractivity contribution in [1.29, 1.82) is 0 Å². The zero-order chi connectivity index (χ0) is 19.9. The van der Waals surface area contributed by atoms with Gasteiger partial charge in [0.05, 0.1) is 25.9 Å². The molecule has 1 saturated heterocycles. The smallest absolute Gasteiger partial charge is 0.191 e. The molecule has 1 aliphatic heterocycles. The zero-order valence-electron chi connectivity index (χ0n) is 17.5. The van der Waals surface area contributed by atoms with Crippen LogP contribution >= 0.6 is 0 Å². The summed E-state index contributed by atoms with van der Waals surface area (Å²) in [4.78, 5) is 4.67. The highest BCUT2D eigenvalue weighted by atomic mass is 16.5. The van der Waals surface area contributed by atoms with Gasteiger partial charge in [-0.25, -0.2) is 0 Å². The van der Waals surface area contributed by atoms with Crippen molar-refractivity contribution < 1.29 is 14.2 Å². The van der Waals surface area contributed by atoms with Crippen LogP contribution in [-0.2, 0) is 20.8 Å². The molecule has 0 amide bonds. The van der Waals surface area contributed by atoms with Crippen LogP contribution in [0.2, 0.25) is 0 Å². The van der Waals surface area contributed by atoms with Crippen molar-refractivity contribution in [1.82, 2.24) is 10.6 Å². The first-order valence-corrected chi connectivity index (χ1v) is 10.6. The van der Waals surface area contributed by atoms with E-state index in [0.717, 1.165) is 58.1 Å². The van der Waals surface area contributed by atoms with E-state index < -0.39 is 0 Å². The Morgan fingerprint density at radius 1 is 1.25 bits per heavy atom. The summed E-state index contributed by atoms with van der Waals surface area (Å²) in [6.07, 6.45) is 3.54. The average Bonchev–Trinajstić information content (AvgIpc) is 3.23. The fourth-order valence-electron chi connectivity index (χ4n) is 2.97. The summed E-state index contributed by atoms with van der Waals surface area (Å²) in [7, 11) is 0. The van der Waals surface area contributed by atoms with Crippen molar-refractivity contribution in [2.45, 2.75) is 45.8 Å². The van der Waals surface area contributed by atoms with Crippen molar-refractivity contribution >= 4 is 5.96 Å². The number of benzene rings is 1. The molecule has 158 valence electrons. The lowest BCUT2D eigenvalue weighted by Gasteiger charge is -2.14. The van der Waals surface area contributed by atoms with Crippen LogP contribution in [0.15, 0.2) is 35.3 Å². The molecule has 1 fully saturated rings. The average molecular weight is 392 g/mol. The molecule has 28 heavy (non-hydrogen) atoms. The van der Waals surface area contributed by atoms with Gasteiger partial charge in [0.15, 0.2) is 5.96 Å². The first-order valence-electron chi connectivity index (χ1n) is 10.6. The lowest BCUT2D eigenvalue weighted by atomic mass is 10.2. The number of ether oxygens (including phenoxy) is 3. The number of aliphatic imine (C=N–C) groups is 1. The molecule has 0 spiro atoms. The molecule has 2 unspecified atom stereocenters. The Hall–Kier alpha value is -1.63. The molecule has 0 radical (unpaired) electrons. The van der Waals surface area contributed by atoms with Crippen LogP contribution in [0, 0.1) is 5.92 Å². The maximum atomic E-state index is 5.80. The Balaban J connectivity index is 1.55. The molecule has 1 aliphatic rings. The van der Waals surface area contributed by atoms with Gasteiger partial charge in [-0.1, -0.05) is 37.3 Å². The van der Waals surface area contributed by atoms with E-state index in [9.17, 15) is 0 Å². The van der Waals surface area contributed by atoms with Crippen molar-refractivity contribution in [3.8, 4) is 0 Å². The second-order valence-electron chi connectivity index (χ2n) is 7.32. The third kappa shape index (κ3) is 10.1. The van der Waals surface area contributed by atoms with Crippen molar-refractivity contribution in [2.75, 3.05) is 46.1 Å². The molecular weight excluding hydrogens is 354 g/mol. The molecular formula is C22H37N3O3. The Bertz CT molecular complexity index is 533. The quantitative estimate of drug-likeness (QED) is 0.307. The van der Waals surface area contributed by atoms with E-state index in [2.05, 4.69) is 41.6 Å². The molecule has 6 heteroatoms. The Morgan fingerprint density at radius 3 is 2.86 bits per heavy atom. The number of hydrogen-bond acceptors (Lipinski definition) is 4. The molecule has 1 aromatic carbocycles. The second kappa shape index (κ2) is 14.4. The van der Waals surface area contributed by atoms with Crippen LogP contribution < -0.4 is 10.6 Å². The maximum absolute atomic E-state index is 5.80. The van der Waals surface area contributed by atoms with Crippen molar-refractivity contribution in [2.24, 2.45) is 10.9 Å². The van der Waals surface area contributed by atoms with Crippen molar-refractivity contribution in [3.05, 3.63) is 35.9 Å². The lowest BCUT2D eigenvalue weighted by molar-refractivity contribution is 0.0168. The fourth-order valence-corrected chi connectivity index (χ4v) is 2.97. The monoisotopic (exact) mass is 391 g/mol. The Morgan fingerprint density at radius 2 is 2.11 bits per heavy atom. The van der Waals surface area contributed by atoms with Gasteiger partial charge in [0.1, 0.15) is 0 Å². The van der Waals surface area contributed by atoms with Gasteiger partial charge in [0.25, 0.3) is 0 Å². The minimum Gasteiger partial charge on any atom is -0.379 e. The van der Waals surface area contributed by atoms with E-state index in [-0.39, 0.29) is 0 Å². The molecule has 0 saturated carbocycles. The topological polar surface area (TPSA) is 64.1 Å². The molecule has 0 aliphatic carbocycles. The first kappa shape index (κ1) is 22.7. The number of nitrogens with zero attached hydrogens (tertiary/aromatic N) is 1. The fraction of sp³-hybridized carbons (Fsp3) is 0.682. The number of nitrogens with one attached hydrogen (secondary N) is 2. The van der Waals surface area contributed by atoms with Gasteiger partial charge >= 0.3 is 0 Å². The molecule has 6 nitrogen and oxygen atoms in total. The molecule has 1 aromatic rings. The van der Waals surface area contributed by atoms with E-state index in [4.69, 9.17) is 14.2 Å². The molecule has 2 atom stereocenters. The first-order chi connectivity index (χ1) is 13.8. The second-order valence-corrected chi connectivity index (χ2v) is 7.32. The van der Waals surface area contributed by atoms with E-state index in [1.807, 2.05) is 18.2 Å². The van der Waals surface area contributed by atoms with Gasteiger partial charge in [-0.3, -0.25) is 4.99 Å². The van der Waals surface area contributed by atoms with Crippen LogP contribution in [0.1, 0.15) is 38.7 Å². The van der Waals surface area contributed by atoms with E-state index >= 15 is 0 Å². The third-order valence-electron chi connectivity index (χ3n) is 4.50. The minimum atomic E-state index is 0.303.